The molecule has 0 aromatic rings. The molecule has 3 heteroatoms. The molecular formula is C5H10N2S. The number of hydrogen-bond donors (Lipinski definition) is 1. The van der Waals surface area contributed by atoms with Crippen molar-refractivity contribution < 1.29 is 0 Å². The monoisotopic (exact) mass is 130 g/mol. The van der Waals surface area contributed by atoms with Gasteiger partial charge in [-0.15, -0.1) is 0 Å². The van der Waals surface area contributed by atoms with Crippen LogP contribution in [0.25, 0.3) is 0 Å². The van der Waals surface area contributed by atoms with E-state index in [0.29, 0.717) is 5.25 Å². The van der Waals surface area contributed by atoms with Gasteiger partial charge in [0.15, 0.2) is 0 Å². The molecule has 8 heavy (non-hydrogen) atoms. The molecule has 0 N–H and O–H groups in total. The van der Waals surface area contributed by atoms with Crippen LogP contribution in [0.4, 0.5) is 0 Å². The van der Waals surface area contributed by atoms with Gasteiger partial charge in [-0.3, -0.25) is 4.99 Å². The largest absolute Gasteiger partial charge is 0.361 e. The van der Waals surface area contributed by atoms with E-state index in [0.717, 1.165) is 13.1 Å². The molecule has 0 amide bonds. The average Bonchev–Trinajstić information content (AvgIpc) is 1.64. The van der Waals surface area contributed by atoms with Crippen molar-refractivity contribution in [3.63, 3.8) is 0 Å². The van der Waals surface area contributed by atoms with E-state index in [2.05, 4.69) is 22.5 Å². The van der Waals surface area contributed by atoms with Crippen LogP contribution in [-0.4, -0.2) is 36.6 Å². The number of aliphatic imine (C=N–C) groups is 1. The summed E-state index contributed by atoms with van der Waals surface area (Å²) >= 11 is 4.23. The van der Waals surface area contributed by atoms with Crippen LogP contribution in [0.5, 0.6) is 0 Å². The molecule has 46 valence electrons. The highest BCUT2D eigenvalue weighted by atomic mass is 32.1. The molecular weight excluding hydrogens is 120 g/mol. The summed E-state index contributed by atoms with van der Waals surface area (Å²) in [4.78, 5) is 6.00. The second kappa shape index (κ2) is 2.40. The summed E-state index contributed by atoms with van der Waals surface area (Å²) in [5.74, 6) is 0. The Hall–Kier alpha value is -0.180. The highest BCUT2D eigenvalue weighted by molar-refractivity contribution is 7.81. The lowest BCUT2D eigenvalue weighted by Gasteiger charge is -2.34. The molecule has 0 saturated carbocycles. The molecule has 0 spiro atoms. The lowest BCUT2D eigenvalue weighted by Crippen LogP contribution is -2.46. The minimum Gasteiger partial charge on any atom is -0.361 e. The van der Waals surface area contributed by atoms with E-state index in [-0.39, 0.29) is 0 Å². The topological polar surface area (TPSA) is 15.6 Å². The van der Waals surface area contributed by atoms with E-state index in [4.69, 9.17) is 0 Å². The lowest BCUT2D eigenvalue weighted by molar-refractivity contribution is 0.323. The summed E-state index contributed by atoms with van der Waals surface area (Å²) in [6.45, 7) is 2.11. The predicted molar refractivity (Wildman–Crippen MR) is 38.8 cm³/mol. The summed E-state index contributed by atoms with van der Waals surface area (Å²) < 4.78 is 0. The van der Waals surface area contributed by atoms with Gasteiger partial charge in [-0.25, -0.2) is 0 Å². The Morgan fingerprint density at radius 3 is 2.75 bits per heavy atom. The van der Waals surface area contributed by atoms with Crippen LogP contribution in [0.2, 0.25) is 0 Å². The molecule has 0 radical (unpaired) electrons. The van der Waals surface area contributed by atoms with Crippen LogP contribution in [0, 0.1) is 0 Å². The van der Waals surface area contributed by atoms with E-state index >= 15 is 0 Å². The van der Waals surface area contributed by atoms with Crippen LogP contribution < -0.4 is 0 Å². The molecule has 1 saturated heterocycles. The van der Waals surface area contributed by atoms with Crippen LogP contribution in [0.15, 0.2) is 4.99 Å². The standard InChI is InChI=1S/C5H10N2S/c1-6-4-7-2-5(8)3-7/h4-5,8H,2-3H2,1H3. The number of hydrogen-bond acceptors (Lipinski definition) is 2. The fourth-order valence-corrected chi connectivity index (χ4v) is 1.17. The summed E-state index contributed by atoms with van der Waals surface area (Å²) in [6.07, 6.45) is 1.85. The summed E-state index contributed by atoms with van der Waals surface area (Å²) in [7, 11) is 1.78. The van der Waals surface area contributed by atoms with Crippen LogP contribution in [0.3, 0.4) is 0 Å². The van der Waals surface area contributed by atoms with Crippen LogP contribution in [0.1, 0.15) is 0 Å². The Morgan fingerprint density at radius 1 is 1.75 bits per heavy atom. The molecule has 1 aliphatic rings. The second-order valence-electron chi connectivity index (χ2n) is 1.98. The summed E-state index contributed by atoms with van der Waals surface area (Å²) in [5, 5.41) is 0.577. The minimum absolute atomic E-state index is 0.577. The third-order valence-corrected chi connectivity index (χ3v) is 1.50. The van der Waals surface area contributed by atoms with Crippen molar-refractivity contribution in [2.45, 2.75) is 5.25 Å². The average molecular weight is 130 g/mol. The van der Waals surface area contributed by atoms with Gasteiger partial charge in [0.1, 0.15) is 0 Å². The zero-order valence-electron chi connectivity index (χ0n) is 4.91. The van der Waals surface area contributed by atoms with Crippen LogP contribution in [-0.2, 0) is 0 Å². The first kappa shape index (κ1) is 5.95. The van der Waals surface area contributed by atoms with Gasteiger partial charge < -0.3 is 4.90 Å². The van der Waals surface area contributed by atoms with E-state index in [1.165, 1.54) is 0 Å². The fourth-order valence-electron chi connectivity index (χ4n) is 0.746. The molecule has 0 aliphatic carbocycles. The first-order chi connectivity index (χ1) is 3.83. The highest BCUT2D eigenvalue weighted by Gasteiger charge is 2.19. The third-order valence-electron chi connectivity index (χ3n) is 1.17. The van der Waals surface area contributed by atoms with Gasteiger partial charge in [0.05, 0.1) is 6.34 Å². The van der Waals surface area contributed by atoms with Gasteiger partial charge in [0.25, 0.3) is 0 Å². The maximum Gasteiger partial charge on any atom is 0.0847 e. The third kappa shape index (κ3) is 1.15. The van der Waals surface area contributed by atoms with Crippen molar-refractivity contribution in [3.8, 4) is 0 Å². The van der Waals surface area contributed by atoms with E-state index < -0.39 is 0 Å². The first-order valence-electron chi connectivity index (χ1n) is 2.67. The molecule has 0 aromatic heterocycles. The molecule has 1 heterocycles. The van der Waals surface area contributed by atoms with E-state index in [9.17, 15) is 0 Å². The Morgan fingerprint density at radius 2 is 2.38 bits per heavy atom. The highest BCUT2D eigenvalue weighted by Crippen LogP contribution is 2.09. The number of rotatable bonds is 1. The van der Waals surface area contributed by atoms with Gasteiger partial charge in [-0.1, -0.05) is 0 Å². The Kier molecular flexibility index (Phi) is 1.78. The van der Waals surface area contributed by atoms with E-state index in [1.807, 2.05) is 6.34 Å². The van der Waals surface area contributed by atoms with Crippen molar-refractivity contribution in [2.24, 2.45) is 4.99 Å². The van der Waals surface area contributed by atoms with Gasteiger partial charge in [-0.2, -0.15) is 12.6 Å². The van der Waals surface area contributed by atoms with Gasteiger partial charge in [-0.05, 0) is 0 Å². The van der Waals surface area contributed by atoms with Gasteiger partial charge >= 0.3 is 0 Å². The zero-order valence-corrected chi connectivity index (χ0v) is 5.80. The van der Waals surface area contributed by atoms with Gasteiger partial charge in [0.2, 0.25) is 0 Å². The minimum atomic E-state index is 0.577. The zero-order chi connectivity index (χ0) is 5.98. The normalized spacial score (nSPS) is 22.0. The SMILES string of the molecule is CN=CN1CC(S)C1. The predicted octanol–water partition coefficient (Wildman–Crippen LogP) is 0.258. The van der Waals surface area contributed by atoms with Gasteiger partial charge in [0, 0.05) is 25.4 Å². The van der Waals surface area contributed by atoms with E-state index in [1.54, 1.807) is 7.05 Å². The molecule has 2 nitrogen and oxygen atoms in total. The number of thiol groups is 1. The molecule has 0 unspecified atom stereocenters. The van der Waals surface area contributed by atoms with Crippen molar-refractivity contribution in [1.82, 2.24) is 4.90 Å². The number of likely N-dealkylation sites (tertiary alicyclic amines) is 1. The first-order valence-corrected chi connectivity index (χ1v) is 3.19. The number of nitrogens with zero attached hydrogens (tertiary/aromatic N) is 2. The van der Waals surface area contributed by atoms with Crippen molar-refractivity contribution in [1.29, 1.82) is 0 Å². The Balaban J connectivity index is 2.15. The van der Waals surface area contributed by atoms with Crippen molar-refractivity contribution in [2.75, 3.05) is 20.1 Å². The lowest BCUT2D eigenvalue weighted by atomic mass is 10.2. The molecule has 0 bridgehead atoms. The Bertz CT molecular complexity index is 96.6. The quantitative estimate of drug-likeness (QED) is 0.306. The summed E-state index contributed by atoms with van der Waals surface area (Å²) in [5.41, 5.74) is 0. The van der Waals surface area contributed by atoms with Crippen molar-refractivity contribution in [3.05, 3.63) is 0 Å². The molecule has 1 rings (SSSR count). The summed E-state index contributed by atoms with van der Waals surface area (Å²) in [6, 6.07) is 0. The maximum absolute atomic E-state index is 4.23. The Labute approximate surface area is 55.0 Å². The molecule has 0 atom stereocenters. The molecule has 1 fully saturated rings. The van der Waals surface area contributed by atoms with Crippen molar-refractivity contribution >= 4 is 19.0 Å². The fraction of sp³-hybridized carbons (Fsp3) is 0.800. The maximum atomic E-state index is 4.23. The second-order valence-corrected chi connectivity index (χ2v) is 2.71. The smallest absolute Gasteiger partial charge is 0.0847 e. The molecule has 0 aromatic carbocycles. The van der Waals surface area contributed by atoms with Crippen LogP contribution >= 0.6 is 12.6 Å². The molecule has 1 aliphatic heterocycles.